The van der Waals surface area contributed by atoms with Crippen molar-refractivity contribution in [2.75, 3.05) is 33.3 Å². The largest absolute Gasteiger partial charge is 0.466 e. The fourth-order valence-electron chi connectivity index (χ4n) is 3.14. The van der Waals surface area contributed by atoms with E-state index in [0.29, 0.717) is 13.2 Å². The summed E-state index contributed by atoms with van der Waals surface area (Å²) in [5.41, 5.74) is 0.889. The van der Waals surface area contributed by atoms with Gasteiger partial charge in [0.05, 0.1) is 25.1 Å². The van der Waals surface area contributed by atoms with E-state index in [4.69, 9.17) is 4.74 Å². The summed E-state index contributed by atoms with van der Waals surface area (Å²) in [6.07, 6.45) is 1.69. The Bertz CT molecular complexity index is 591. The Morgan fingerprint density at radius 1 is 1.36 bits per heavy atom. The lowest BCUT2D eigenvalue weighted by atomic mass is 9.98. The summed E-state index contributed by atoms with van der Waals surface area (Å²) < 4.78 is 18.1. The first-order valence-corrected chi connectivity index (χ1v) is 8.82. The summed E-state index contributed by atoms with van der Waals surface area (Å²) in [5.74, 6) is -0.626. The molecule has 1 fully saturated rings. The van der Waals surface area contributed by atoms with E-state index in [1.807, 2.05) is 11.8 Å². The van der Waals surface area contributed by atoms with Gasteiger partial charge in [0, 0.05) is 13.6 Å². The Kier molecular flexibility index (Phi) is 6.93. The number of amides is 1. The maximum absolute atomic E-state index is 13.1. The third kappa shape index (κ3) is 5.26. The fraction of sp³-hybridized carbons (Fsp3) is 0.579. The van der Waals surface area contributed by atoms with E-state index in [1.165, 1.54) is 12.1 Å². The summed E-state index contributed by atoms with van der Waals surface area (Å²) in [5, 5.41) is 0. The molecule has 1 saturated heterocycles. The number of piperidine rings is 1. The number of esters is 1. The van der Waals surface area contributed by atoms with Gasteiger partial charge in [-0.1, -0.05) is 12.1 Å². The number of likely N-dealkylation sites (tertiary alicyclic amines) is 1. The molecule has 25 heavy (non-hydrogen) atoms. The summed E-state index contributed by atoms with van der Waals surface area (Å²) in [4.78, 5) is 28.2. The zero-order valence-electron chi connectivity index (χ0n) is 15.2. The quantitative estimate of drug-likeness (QED) is 0.740. The van der Waals surface area contributed by atoms with Crippen molar-refractivity contribution in [3.05, 3.63) is 35.6 Å². The molecule has 6 heteroatoms. The van der Waals surface area contributed by atoms with Crippen molar-refractivity contribution in [3.63, 3.8) is 0 Å². The van der Waals surface area contributed by atoms with Crippen LogP contribution in [0.15, 0.2) is 24.3 Å². The van der Waals surface area contributed by atoms with Gasteiger partial charge in [-0.25, -0.2) is 4.39 Å². The number of likely N-dealkylation sites (N-methyl/N-ethyl adjacent to an activating group) is 1. The predicted octanol–water partition coefficient (Wildman–Crippen LogP) is 2.62. The van der Waals surface area contributed by atoms with Crippen LogP contribution in [-0.2, 0) is 14.3 Å². The molecule has 5 nitrogen and oxygen atoms in total. The molecule has 0 spiro atoms. The second-order valence-corrected chi connectivity index (χ2v) is 6.56. The Hall–Kier alpha value is -1.95. The first kappa shape index (κ1) is 19.4. The third-order valence-electron chi connectivity index (χ3n) is 4.81. The number of hydrogen-bond acceptors (Lipinski definition) is 4. The lowest BCUT2D eigenvalue weighted by Gasteiger charge is -2.33. The first-order valence-electron chi connectivity index (χ1n) is 8.82. The van der Waals surface area contributed by atoms with Gasteiger partial charge in [-0.15, -0.1) is 0 Å². The van der Waals surface area contributed by atoms with Gasteiger partial charge in [-0.3, -0.25) is 14.5 Å². The van der Waals surface area contributed by atoms with Gasteiger partial charge in [-0.05, 0) is 50.9 Å². The van der Waals surface area contributed by atoms with E-state index in [9.17, 15) is 14.0 Å². The molecular formula is C19H27FN2O3. The molecular weight excluding hydrogens is 323 g/mol. The minimum absolute atomic E-state index is 0.0127. The van der Waals surface area contributed by atoms with Gasteiger partial charge in [0.2, 0.25) is 5.91 Å². The number of carbonyl (C=O) groups is 2. The van der Waals surface area contributed by atoms with Gasteiger partial charge in [0.1, 0.15) is 5.82 Å². The molecule has 1 aliphatic rings. The van der Waals surface area contributed by atoms with Crippen LogP contribution < -0.4 is 0 Å². The van der Waals surface area contributed by atoms with Crippen LogP contribution >= 0.6 is 0 Å². The van der Waals surface area contributed by atoms with Crippen LogP contribution in [0.1, 0.15) is 38.3 Å². The zero-order valence-corrected chi connectivity index (χ0v) is 15.2. The van der Waals surface area contributed by atoms with Crippen LogP contribution in [0.2, 0.25) is 0 Å². The summed E-state index contributed by atoms with van der Waals surface area (Å²) in [6.45, 7) is 5.74. The van der Waals surface area contributed by atoms with Gasteiger partial charge in [0.25, 0.3) is 0 Å². The van der Waals surface area contributed by atoms with E-state index in [2.05, 4.69) is 0 Å². The van der Waals surface area contributed by atoms with Gasteiger partial charge < -0.3 is 9.64 Å². The maximum Gasteiger partial charge on any atom is 0.310 e. The molecule has 1 aliphatic heterocycles. The molecule has 1 amide bonds. The monoisotopic (exact) mass is 350 g/mol. The lowest BCUT2D eigenvalue weighted by Crippen LogP contribution is -2.45. The van der Waals surface area contributed by atoms with Crippen molar-refractivity contribution in [1.29, 1.82) is 0 Å². The van der Waals surface area contributed by atoms with Crippen molar-refractivity contribution in [1.82, 2.24) is 9.80 Å². The molecule has 0 N–H and O–H groups in total. The van der Waals surface area contributed by atoms with Crippen molar-refractivity contribution in [2.24, 2.45) is 5.92 Å². The Morgan fingerprint density at radius 3 is 2.68 bits per heavy atom. The molecule has 0 aliphatic carbocycles. The number of carbonyl (C=O) groups excluding carboxylic acids is 2. The highest BCUT2D eigenvalue weighted by molar-refractivity contribution is 5.78. The Balaban J connectivity index is 1.91. The summed E-state index contributed by atoms with van der Waals surface area (Å²) in [6, 6.07) is 6.05. The molecule has 1 aromatic rings. The predicted molar refractivity (Wildman–Crippen MR) is 93.4 cm³/mol. The van der Waals surface area contributed by atoms with E-state index < -0.39 is 0 Å². The Morgan fingerprint density at radius 2 is 2.04 bits per heavy atom. The zero-order chi connectivity index (χ0) is 18.4. The second-order valence-electron chi connectivity index (χ2n) is 6.56. The molecule has 0 bridgehead atoms. The summed E-state index contributed by atoms with van der Waals surface area (Å²) in [7, 11) is 1.75. The molecule has 0 aromatic heterocycles. The highest BCUT2D eigenvalue weighted by atomic mass is 19.1. The number of halogens is 1. The first-order chi connectivity index (χ1) is 11.9. The molecule has 0 radical (unpaired) electrons. The molecule has 2 rings (SSSR count). The van der Waals surface area contributed by atoms with Crippen molar-refractivity contribution in [2.45, 2.75) is 32.7 Å². The smallest absolute Gasteiger partial charge is 0.310 e. The van der Waals surface area contributed by atoms with Crippen LogP contribution in [0, 0.1) is 11.7 Å². The minimum atomic E-state index is -0.289. The van der Waals surface area contributed by atoms with Gasteiger partial charge in [0.15, 0.2) is 0 Å². The van der Waals surface area contributed by atoms with E-state index >= 15 is 0 Å². The van der Waals surface area contributed by atoms with Crippen LogP contribution in [0.3, 0.4) is 0 Å². The van der Waals surface area contributed by atoms with Crippen LogP contribution in [0.4, 0.5) is 4.39 Å². The van der Waals surface area contributed by atoms with Crippen LogP contribution in [0.5, 0.6) is 0 Å². The molecule has 2 unspecified atom stereocenters. The molecule has 1 aromatic carbocycles. The number of benzene rings is 1. The van der Waals surface area contributed by atoms with Crippen LogP contribution in [0.25, 0.3) is 0 Å². The molecule has 2 atom stereocenters. The average molecular weight is 350 g/mol. The highest BCUT2D eigenvalue weighted by Gasteiger charge is 2.29. The standard InChI is InChI=1S/C19H27FN2O3/c1-4-25-19(24)16-6-5-11-22(12-16)13-18(23)21(3)14(2)15-7-9-17(20)10-8-15/h7-10,14,16H,4-6,11-13H2,1-3H3. The SMILES string of the molecule is CCOC(=O)C1CCCN(CC(=O)N(C)C(C)c2ccc(F)cc2)C1. The number of ether oxygens (including phenoxy) is 1. The number of nitrogens with zero attached hydrogens (tertiary/aromatic N) is 2. The lowest BCUT2D eigenvalue weighted by molar-refractivity contribution is -0.150. The molecule has 138 valence electrons. The number of rotatable bonds is 6. The van der Waals surface area contributed by atoms with Crippen molar-refractivity contribution in [3.8, 4) is 0 Å². The van der Waals surface area contributed by atoms with Gasteiger partial charge in [-0.2, -0.15) is 0 Å². The third-order valence-corrected chi connectivity index (χ3v) is 4.81. The number of hydrogen-bond donors (Lipinski definition) is 0. The van der Waals surface area contributed by atoms with Crippen molar-refractivity contribution < 1.29 is 18.7 Å². The average Bonchev–Trinajstić information content (AvgIpc) is 2.61. The Labute approximate surface area is 148 Å². The maximum atomic E-state index is 13.1. The van der Waals surface area contributed by atoms with E-state index in [0.717, 1.165) is 24.9 Å². The second kappa shape index (κ2) is 8.94. The fourth-order valence-corrected chi connectivity index (χ4v) is 3.14. The normalized spacial score (nSPS) is 19.3. The highest BCUT2D eigenvalue weighted by Crippen LogP contribution is 2.21. The molecule has 1 heterocycles. The summed E-state index contributed by atoms with van der Waals surface area (Å²) >= 11 is 0. The van der Waals surface area contributed by atoms with Crippen LogP contribution in [-0.4, -0.2) is 55.0 Å². The van der Waals surface area contributed by atoms with E-state index in [-0.39, 0.29) is 36.2 Å². The van der Waals surface area contributed by atoms with Crippen molar-refractivity contribution >= 4 is 11.9 Å². The van der Waals surface area contributed by atoms with E-state index in [1.54, 1.807) is 31.0 Å². The van der Waals surface area contributed by atoms with Gasteiger partial charge >= 0.3 is 5.97 Å². The molecule has 0 saturated carbocycles. The minimum Gasteiger partial charge on any atom is -0.466 e. The topological polar surface area (TPSA) is 49.9 Å².